The molecule has 1 amide bonds. The van der Waals surface area contributed by atoms with Gasteiger partial charge in [0.05, 0.1) is 19.2 Å². The van der Waals surface area contributed by atoms with Crippen LogP contribution >= 0.6 is 0 Å². The highest BCUT2D eigenvalue weighted by atomic mass is 19.1. The van der Waals surface area contributed by atoms with Gasteiger partial charge in [0.1, 0.15) is 18.1 Å². The summed E-state index contributed by atoms with van der Waals surface area (Å²) in [6.45, 7) is -0.0578. The molecule has 0 bridgehead atoms. The van der Waals surface area contributed by atoms with Crippen LogP contribution in [0, 0.1) is 11.2 Å². The van der Waals surface area contributed by atoms with Crippen molar-refractivity contribution >= 4 is 11.9 Å². The summed E-state index contributed by atoms with van der Waals surface area (Å²) in [5.41, 5.74) is -0.0704. The van der Waals surface area contributed by atoms with Crippen LogP contribution in [0.5, 0.6) is 5.75 Å². The Bertz CT molecular complexity index is 1010. The largest absolute Gasteiger partial charge is 0.496 e. The average molecular weight is 431 g/mol. The van der Waals surface area contributed by atoms with E-state index in [4.69, 9.17) is 4.74 Å². The maximum absolute atomic E-state index is 13.5. The molecule has 8 nitrogen and oxygen atoms in total. The molecule has 0 spiro atoms. The highest BCUT2D eigenvalue weighted by Crippen LogP contribution is 2.38. The molecule has 9 heteroatoms. The summed E-state index contributed by atoms with van der Waals surface area (Å²) in [5.74, 6) is -1.51. The number of ether oxygens (including phenoxy) is 1. The number of carbonyl (C=O) groups is 2. The second-order valence-electron chi connectivity index (χ2n) is 7.97. The molecule has 166 valence electrons. The van der Waals surface area contributed by atoms with Crippen LogP contribution in [0.25, 0.3) is 11.3 Å². The van der Waals surface area contributed by atoms with Crippen molar-refractivity contribution in [3.05, 3.63) is 46.5 Å². The molecule has 1 heterocycles. The number of aliphatic carboxylic acids is 1. The number of carboxylic acids is 1. The molecule has 3 rings (SSSR count). The van der Waals surface area contributed by atoms with Crippen LogP contribution < -0.4 is 15.6 Å². The van der Waals surface area contributed by atoms with Crippen molar-refractivity contribution in [1.82, 2.24) is 15.1 Å². The summed E-state index contributed by atoms with van der Waals surface area (Å²) in [6.07, 6.45) is 4.44. The number of methoxy groups -OCH3 is 1. The van der Waals surface area contributed by atoms with Crippen molar-refractivity contribution < 1.29 is 23.8 Å². The number of rotatable bonds is 8. The Kier molecular flexibility index (Phi) is 7.04. The van der Waals surface area contributed by atoms with E-state index in [9.17, 15) is 23.9 Å². The van der Waals surface area contributed by atoms with Gasteiger partial charge in [-0.15, -0.1) is 0 Å². The van der Waals surface area contributed by atoms with Gasteiger partial charge in [-0.2, -0.15) is 5.10 Å². The van der Waals surface area contributed by atoms with Gasteiger partial charge < -0.3 is 15.2 Å². The zero-order valence-corrected chi connectivity index (χ0v) is 17.4. The number of benzene rings is 1. The lowest BCUT2D eigenvalue weighted by atomic mass is 9.71. The summed E-state index contributed by atoms with van der Waals surface area (Å²) in [7, 11) is 1.40. The Morgan fingerprint density at radius 2 is 1.97 bits per heavy atom. The van der Waals surface area contributed by atoms with Crippen molar-refractivity contribution in [1.29, 1.82) is 0 Å². The third-order valence-corrected chi connectivity index (χ3v) is 5.70. The zero-order valence-electron chi connectivity index (χ0n) is 17.4. The van der Waals surface area contributed by atoms with Gasteiger partial charge in [-0.3, -0.25) is 14.4 Å². The van der Waals surface area contributed by atoms with Gasteiger partial charge in [0.15, 0.2) is 0 Å². The van der Waals surface area contributed by atoms with Crippen LogP contribution in [0.15, 0.2) is 35.1 Å². The summed E-state index contributed by atoms with van der Waals surface area (Å²) >= 11 is 0. The molecule has 0 unspecified atom stereocenters. The predicted molar refractivity (Wildman–Crippen MR) is 111 cm³/mol. The van der Waals surface area contributed by atoms with Crippen molar-refractivity contribution in [2.75, 3.05) is 13.7 Å². The number of amides is 1. The number of carboxylic acid groups (broad SMARTS) is 1. The third-order valence-electron chi connectivity index (χ3n) is 5.70. The van der Waals surface area contributed by atoms with Gasteiger partial charge in [0.2, 0.25) is 5.91 Å². The van der Waals surface area contributed by atoms with Crippen molar-refractivity contribution in [2.45, 2.75) is 45.1 Å². The number of halogens is 1. The lowest BCUT2D eigenvalue weighted by Gasteiger charge is -2.36. The van der Waals surface area contributed by atoms with E-state index in [-0.39, 0.29) is 25.3 Å². The molecule has 0 atom stereocenters. The molecule has 1 aromatic carbocycles. The number of aromatic nitrogens is 2. The van der Waals surface area contributed by atoms with Gasteiger partial charge >= 0.3 is 5.97 Å². The third kappa shape index (κ3) is 5.68. The van der Waals surface area contributed by atoms with Crippen LogP contribution in [-0.4, -0.2) is 40.4 Å². The molecule has 1 aromatic heterocycles. The number of carbonyl (C=O) groups excluding carboxylic acids is 1. The normalized spacial score (nSPS) is 15.3. The summed E-state index contributed by atoms with van der Waals surface area (Å²) < 4.78 is 19.7. The first kappa shape index (κ1) is 22.5. The molecule has 0 radical (unpaired) electrons. The van der Waals surface area contributed by atoms with E-state index in [2.05, 4.69) is 10.4 Å². The Morgan fingerprint density at radius 1 is 1.23 bits per heavy atom. The minimum atomic E-state index is -0.880. The van der Waals surface area contributed by atoms with Crippen molar-refractivity contribution in [2.24, 2.45) is 5.41 Å². The topological polar surface area (TPSA) is 111 Å². The van der Waals surface area contributed by atoms with Crippen LogP contribution in [0.1, 0.15) is 38.5 Å². The minimum absolute atomic E-state index is 0.00528. The molecule has 1 aliphatic rings. The monoisotopic (exact) mass is 431 g/mol. The number of nitrogens with one attached hydrogen (secondary N) is 1. The van der Waals surface area contributed by atoms with Crippen LogP contribution in [0.2, 0.25) is 0 Å². The maximum Gasteiger partial charge on any atom is 0.303 e. The average Bonchev–Trinajstić information content (AvgIpc) is 2.74. The first-order chi connectivity index (χ1) is 14.8. The first-order valence-electron chi connectivity index (χ1n) is 10.2. The van der Waals surface area contributed by atoms with E-state index in [1.165, 1.54) is 37.4 Å². The maximum atomic E-state index is 13.5. The fourth-order valence-corrected chi connectivity index (χ4v) is 4.10. The Hall–Kier alpha value is -3.23. The fourth-order valence-electron chi connectivity index (χ4n) is 4.10. The van der Waals surface area contributed by atoms with Crippen LogP contribution in [0.4, 0.5) is 4.39 Å². The smallest absolute Gasteiger partial charge is 0.303 e. The van der Waals surface area contributed by atoms with Crippen LogP contribution in [-0.2, 0) is 16.1 Å². The quantitative estimate of drug-likeness (QED) is 0.665. The predicted octanol–water partition coefficient (Wildman–Crippen LogP) is 2.60. The number of hydrogen-bond acceptors (Lipinski definition) is 5. The number of nitrogens with zero attached hydrogens (tertiary/aromatic N) is 2. The zero-order chi connectivity index (χ0) is 22.4. The minimum Gasteiger partial charge on any atom is -0.496 e. The Balaban J connectivity index is 1.73. The Morgan fingerprint density at radius 3 is 2.65 bits per heavy atom. The van der Waals surface area contributed by atoms with E-state index < -0.39 is 28.7 Å². The van der Waals surface area contributed by atoms with Gasteiger partial charge in [-0.25, -0.2) is 9.07 Å². The van der Waals surface area contributed by atoms with Crippen molar-refractivity contribution in [3.8, 4) is 17.0 Å². The molecule has 0 aliphatic heterocycles. The van der Waals surface area contributed by atoms with Gasteiger partial charge in [0, 0.05) is 24.2 Å². The Labute approximate surface area is 179 Å². The highest BCUT2D eigenvalue weighted by Gasteiger charge is 2.34. The van der Waals surface area contributed by atoms with E-state index >= 15 is 0 Å². The number of hydrogen-bond donors (Lipinski definition) is 2. The molecule has 2 N–H and O–H groups in total. The summed E-state index contributed by atoms with van der Waals surface area (Å²) in [5, 5.41) is 16.3. The lowest BCUT2D eigenvalue weighted by molar-refractivity contribution is -0.140. The second-order valence-corrected chi connectivity index (χ2v) is 7.97. The molecule has 1 fully saturated rings. The van der Waals surface area contributed by atoms with E-state index in [1.54, 1.807) is 0 Å². The molecule has 0 saturated heterocycles. The second kappa shape index (κ2) is 9.72. The van der Waals surface area contributed by atoms with Crippen molar-refractivity contribution in [3.63, 3.8) is 0 Å². The van der Waals surface area contributed by atoms with E-state index in [1.807, 2.05) is 0 Å². The highest BCUT2D eigenvalue weighted by molar-refractivity contribution is 5.76. The lowest BCUT2D eigenvalue weighted by Crippen LogP contribution is -2.42. The molecule has 31 heavy (non-hydrogen) atoms. The molecule has 1 aliphatic carbocycles. The molecular formula is C22H26FN3O5. The van der Waals surface area contributed by atoms with E-state index in [0.717, 1.165) is 36.8 Å². The SMILES string of the molecule is COc1cc(F)ccc1-c1ccc(=O)n(CC(=O)NCC2(CC(=O)O)CCCCC2)n1. The fraction of sp³-hybridized carbons (Fsp3) is 0.455. The standard InChI is InChI=1S/C22H26FN3O5/c1-31-18-11-15(23)5-6-16(18)17-7-8-20(28)26(25-17)13-19(27)24-14-22(12-21(29)30)9-3-2-4-10-22/h5-8,11H,2-4,9-10,12-14H2,1H3,(H,24,27)(H,29,30). The summed E-state index contributed by atoms with van der Waals surface area (Å²) in [6, 6.07) is 6.73. The van der Waals surface area contributed by atoms with Gasteiger partial charge in [-0.1, -0.05) is 19.3 Å². The van der Waals surface area contributed by atoms with Gasteiger partial charge in [0.25, 0.3) is 5.56 Å². The molecular weight excluding hydrogens is 405 g/mol. The van der Waals surface area contributed by atoms with Crippen LogP contribution in [0.3, 0.4) is 0 Å². The molecule has 1 saturated carbocycles. The first-order valence-corrected chi connectivity index (χ1v) is 10.2. The molecule has 2 aromatic rings. The van der Waals surface area contributed by atoms with Gasteiger partial charge in [-0.05, 0) is 36.5 Å². The van der Waals surface area contributed by atoms with E-state index in [0.29, 0.717) is 11.3 Å². The summed E-state index contributed by atoms with van der Waals surface area (Å²) in [4.78, 5) is 36.0.